The summed E-state index contributed by atoms with van der Waals surface area (Å²) in [6.45, 7) is 2.90. The van der Waals surface area contributed by atoms with E-state index < -0.39 is 17.9 Å². The Bertz CT molecular complexity index is 1750. The minimum Gasteiger partial charge on any atom is -0.347 e. The summed E-state index contributed by atoms with van der Waals surface area (Å²) in [5.74, 6) is -0.999. The van der Waals surface area contributed by atoms with Gasteiger partial charge in [-0.05, 0) is 54.3 Å². The van der Waals surface area contributed by atoms with E-state index in [9.17, 15) is 18.8 Å². The van der Waals surface area contributed by atoms with Gasteiger partial charge >= 0.3 is 0 Å². The van der Waals surface area contributed by atoms with Gasteiger partial charge in [0.2, 0.25) is 11.8 Å². The first-order valence-electron chi connectivity index (χ1n) is 12.9. The molecule has 0 unspecified atom stereocenters. The van der Waals surface area contributed by atoms with E-state index in [-0.39, 0.29) is 23.8 Å². The van der Waals surface area contributed by atoms with Crippen molar-refractivity contribution in [2.24, 2.45) is 0 Å². The van der Waals surface area contributed by atoms with Crippen molar-refractivity contribution in [3.05, 3.63) is 102 Å². The lowest BCUT2D eigenvalue weighted by Gasteiger charge is -2.16. The monoisotopic (exact) mass is 550 g/mol. The fourth-order valence-electron chi connectivity index (χ4n) is 4.32. The molecular formula is C31H27FN6O3. The summed E-state index contributed by atoms with van der Waals surface area (Å²) in [6, 6.07) is 20.2. The fourth-order valence-corrected chi connectivity index (χ4v) is 4.32. The minimum absolute atomic E-state index is 0.218. The van der Waals surface area contributed by atoms with Crippen LogP contribution in [-0.4, -0.2) is 39.2 Å². The third-order valence-corrected chi connectivity index (χ3v) is 6.45. The normalized spacial score (nSPS) is 11.6. The van der Waals surface area contributed by atoms with Gasteiger partial charge in [-0.25, -0.2) is 9.37 Å². The molecule has 206 valence electrons. The van der Waals surface area contributed by atoms with E-state index >= 15 is 0 Å². The molecule has 3 aromatic carbocycles. The molecule has 0 saturated heterocycles. The molecule has 0 saturated carbocycles. The first-order valence-corrected chi connectivity index (χ1v) is 12.9. The highest BCUT2D eigenvalue weighted by Gasteiger charge is 2.16. The number of nitrogens with zero attached hydrogens (tertiary/aromatic N) is 2. The molecule has 0 aliphatic heterocycles. The fraction of sp³-hybridized carbons (Fsp3) is 0.129. The lowest BCUT2D eigenvalue weighted by atomic mass is 10.0. The Morgan fingerprint density at radius 1 is 0.927 bits per heavy atom. The van der Waals surface area contributed by atoms with Crippen LogP contribution in [0.1, 0.15) is 35.8 Å². The Labute approximate surface area is 235 Å². The molecule has 0 spiro atoms. The van der Waals surface area contributed by atoms with E-state index in [1.165, 1.54) is 19.1 Å². The molecule has 0 radical (unpaired) electrons. The summed E-state index contributed by atoms with van der Waals surface area (Å²) in [7, 11) is 0. The molecule has 0 bridgehead atoms. The third kappa shape index (κ3) is 6.62. The predicted molar refractivity (Wildman–Crippen MR) is 154 cm³/mol. The largest absolute Gasteiger partial charge is 0.347 e. The van der Waals surface area contributed by atoms with Gasteiger partial charge in [-0.3, -0.25) is 19.4 Å². The Hall–Kier alpha value is -5.38. The van der Waals surface area contributed by atoms with Crippen LogP contribution in [-0.2, 0) is 9.59 Å². The van der Waals surface area contributed by atoms with E-state index in [1.54, 1.807) is 49.6 Å². The average molecular weight is 551 g/mol. The number of nitrogens with one attached hydrogen (secondary N) is 4. The van der Waals surface area contributed by atoms with Gasteiger partial charge in [-0.15, -0.1) is 0 Å². The average Bonchev–Trinajstić information content (AvgIpc) is 3.46. The Morgan fingerprint density at radius 3 is 2.44 bits per heavy atom. The maximum atomic E-state index is 13.4. The maximum Gasteiger partial charge on any atom is 0.251 e. The van der Waals surface area contributed by atoms with Gasteiger partial charge in [0.1, 0.15) is 11.5 Å². The van der Waals surface area contributed by atoms with Gasteiger partial charge in [0.15, 0.2) is 5.82 Å². The number of rotatable bonds is 8. The Balaban J connectivity index is 1.45. The number of benzene rings is 3. The SMILES string of the molecule is CC(=O)NCC(=O)Nc1cc(C(=O)N[C@H](C)c2ccc(F)cc2)cc(-c2cnc(-c3cc4ccccc4cn3)[nH]2)c1. The van der Waals surface area contributed by atoms with E-state index in [2.05, 4.69) is 30.9 Å². The third-order valence-electron chi connectivity index (χ3n) is 6.45. The van der Waals surface area contributed by atoms with Crippen molar-refractivity contribution in [3.63, 3.8) is 0 Å². The molecule has 2 heterocycles. The zero-order valence-corrected chi connectivity index (χ0v) is 22.4. The van der Waals surface area contributed by atoms with E-state index in [0.717, 1.165) is 16.3 Å². The van der Waals surface area contributed by atoms with Crippen LogP contribution in [0.4, 0.5) is 10.1 Å². The number of amides is 3. The number of carbonyl (C=O) groups excluding carboxylic acids is 3. The number of hydrogen-bond donors (Lipinski definition) is 4. The molecular weight excluding hydrogens is 523 g/mol. The highest BCUT2D eigenvalue weighted by molar-refractivity contribution is 6.00. The standard InChI is InChI=1S/C31H27FN6O3/c1-18(20-7-9-25(32)10-8-20)36-31(41)24-11-23(12-26(13-24)37-29(40)17-33-19(2)39)28-16-35-30(38-28)27-14-21-5-3-4-6-22(21)15-34-27/h3-16,18H,17H2,1-2H3,(H,33,39)(H,35,38)(H,36,41)(H,37,40)/t18-/m1/s1. The topological polar surface area (TPSA) is 129 Å². The zero-order valence-electron chi connectivity index (χ0n) is 22.4. The molecule has 4 N–H and O–H groups in total. The number of anilines is 1. The van der Waals surface area contributed by atoms with Crippen molar-refractivity contribution in [2.45, 2.75) is 19.9 Å². The quantitative estimate of drug-likeness (QED) is 0.216. The smallest absolute Gasteiger partial charge is 0.251 e. The number of aromatic amines is 1. The van der Waals surface area contributed by atoms with Gasteiger partial charge in [0, 0.05) is 35.3 Å². The number of aromatic nitrogens is 3. The highest BCUT2D eigenvalue weighted by Crippen LogP contribution is 2.27. The van der Waals surface area contributed by atoms with Crippen LogP contribution >= 0.6 is 0 Å². The van der Waals surface area contributed by atoms with Gasteiger partial charge < -0.3 is 20.9 Å². The molecule has 0 aliphatic carbocycles. The van der Waals surface area contributed by atoms with Crippen LogP contribution < -0.4 is 16.0 Å². The predicted octanol–water partition coefficient (Wildman–Crippen LogP) is 5.00. The first-order chi connectivity index (χ1) is 19.7. The molecule has 2 aromatic heterocycles. The molecule has 5 rings (SSSR count). The second-order valence-corrected chi connectivity index (χ2v) is 9.57. The van der Waals surface area contributed by atoms with Crippen LogP contribution in [0.3, 0.4) is 0 Å². The number of halogens is 1. The molecule has 41 heavy (non-hydrogen) atoms. The summed E-state index contributed by atoms with van der Waals surface area (Å²) in [6.07, 6.45) is 3.41. The highest BCUT2D eigenvalue weighted by atomic mass is 19.1. The molecule has 0 fully saturated rings. The van der Waals surface area contributed by atoms with Crippen LogP contribution in [0.25, 0.3) is 33.5 Å². The molecule has 0 aliphatic rings. The summed E-state index contributed by atoms with van der Waals surface area (Å²) < 4.78 is 13.4. The number of fused-ring (bicyclic) bond motifs is 1. The summed E-state index contributed by atoms with van der Waals surface area (Å²) in [5.41, 5.74) is 3.24. The molecule has 1 atom stereocenters. The van der Waals surface area contributed by atoms with Gasteiger partial charge in [-0.2, -0.15) is 0 Å². The number of pyridine rings is 1. The van der Waals surface area contributed by atoms with Gasteiger partial charge in [-0.1, -0.05) is 36.4 Å². The van der Waals surface area contributed by atoms with E-state index in [1.807, 2.05) is 30.3 Å². The van der Waals surface area contributed by atoms with Gasteiger partial charge in [0.05, 0.1) is 24.5 Å². The minimum atomic E-state index is -0.450. The second kappa shape index (κ2) is 11.8. The van der Waals surface area contributed by atoms with E-state index in [0.29, 0.717) is 28.5 Å². The molecule has 3 amide bonds. The first kappa shape index (κ1) is 27.2. The summed E-state index contributed by atoms with van der Waals surface area (Å²) in [5, 5.41) is 10.1. The Kier molecular flexibility index (Phi) is 7.82. The van der Waals surface area contributed by atoms with Crippen molar-refractivity contribution >= 4 is 34.2 Å². The maximum absolute atomic E-state index is 13.4. The van der Waals surface area contributed by atoms with Crippen LogP contribution in [0.2, 0.25) is 0 Å². The lowest BCUT2D eigenvalue weighted by molar-refractivity contribution is -0.122. The van der Waals surface area contributed by atoms with Crippen molar-refractivity contribution in [1.29, 1.82) is 0 Å². The number of imidazole rings is 1. The summed E-state index contributed by atoms with van der Waals surface area (Å²) in [4.78, 5) is 49.2. The van der Waals surface area contributed by atoms with Crippen molar-refractivity contribution in [3.8, 4) is 22.8 Å². The number of carbonyl (C=O) groups is 3. The summed E-state index contributed by atoms with van der Waals surface area (Å²) >= 11 is 0. The van der Waals surface area contributed by atoms with Crippen LogP contribution in [0.15, 0.2) is 85.2 Å². The number of hydrogen-bond acceptors (Lipinski definition) is 5. The van der Waals surface area contributed by atoms with Crippen molar-refractivity contribution in [1.82, 2.24) is 25.6 Å². The van der Waals surface area contributed by atoms with Crippen molar-refractivity contribution in [2.75, 3.05) is 11.9 Å². The molecule has 10 heteroatoms. The van der Waals surface area contributed by atoms with Crippen LogP contribution in [0.5, 0.6) is 0 Å². The second-order valence-electron chi connectivity index (χ2n) is 9.57. The number of H-pyrrole nitrogens is 1. The molecule has 9 nitrogen and oxygen atoms in total. The van der Waals surface area contributed by atoms with Crippen LogP contribution in [0, 0.1) is 5.82 Å². The van der Waals surface area contributed by atoms with Gasteiger partial charge in [0.25, 0.3) is 5.91 Å². The molecule has 5 aromatic rings. The van der Waals surface area contributed by atoms with Crippen molar-refractivity contribution < 1.29 is 18.8 Å². The Morgan fingerprint density at radius 2 is 1.68 bits per heavy atom. The zero-order chi connectivity index (χ0) is 28.9. The lowest BCUT2D eigenvalue weighted by Crippen LogP contribution is -2.31. The van der Waals surface area contributed by atoms with E-state index in [4.69, 9.17) is 0 Å².